The van der Waals surface area contributed by atoms with Gasteiger partial charge in [-0.15, -0.1) is 0 Å². The van der Waals surface area contributed by atoms with Crippen molar-refractivity contribution in [3.8, 4) is 0 Å². The molecule has 0 amide bonds. The Morgan fingerprint density at radius 2 is 1.95 bits per heavy atom. The molecule has 11 nitrogen and oxygen atoms in total. The highest BCUT2D eigenvalue weighted by Crippen LogP contribution is 2.35. The van der Waals surface area contributed by atoms with Crippen molar-refractivity contribution >= 4 is 39.6 Å². The van der Waals surface area contributed by atoms with Crippen molar-refractivity contribution in [2.75, 3.05) is 18.8 Å². The summed E-state index contributed by atoms with van der Waals surface area (Å²) in [5, 5.41) is 21.5. The van der Waals surface area contributed by atoms with E-state index in [1.54, 1.807) is 0 Å². The molecule has 4 atom stereocenters. The average molecular weight is 583 g/mol. The van der Waals surface area contributed by atoms with Gasteiger partial charge >= 0.3 is 6.18 Å². The van der Waals surface area contributed by atoms with E-state index in [1.165, 1.54) is 17.2 Å². The number of fused-ring (bicyclic) bond motifs is 2. The number of aryl methyl sites for hydroxylation is 1. The largest absolute Gasteiger partial charge is 0.416 e. The number of halogens is 4. The summed E-state index contributed by atoms with van der Waals surface area (Å²) >= 11 is 6.06. The summed E-state index contributed by atoms with van der Waals surface area (Å²) in [6.07, 6.45) is -3.65. The third-order valence-corrected chi connectivity index (χ3v) is 7.47. The second-order valence-electron chi connectivity index (χ2n) is 10.2. The van der Waals surface area contributed by atoms with Gasteiger partial charge in [-0.1, -0.05) is 11.6 Å². The monoisotopic (exact) mass is 582 g/mol. The molecule has 5 rings (SSSR count). The summed E-state index contributed by atoms with van der Waals surface area (Å²) in [5.74, 6) is 0.765. The number of hydrogen-bond donors (Lipinski definition) is 4. The van der Waals surface area contributed by atoms with E-state index in [1.807, 2.05) is 13.8 Å². The molecule has 1 fully saturated rings. The smallest absolute Gasteiger partial charge is 0.387 e. The van der Waals surface area contributed by atoms with Crippen LogP contribution in [0.5, 0.6) is 0 Å². The lowest BCUT2D eigenvalue weighted by atomic mass is 10.1. The number of aliphatic hydroxyl groups excluding tert-OH is 2. The van der Waals surface area contributed by atoms with Crippen LogP contribution in [0, 0.1) is 0 Å². The van der Waals surface area contributed by atoms with Crippen LogP contribution < -0.4 is 5.73 Å². The lowest BCUT2D eigenvalue weighted by Gasteiger charge is -2.30. The van der Waals surface area contributed by atoms with Crippen LogP contribution in [0.2, 0.25) is 5.02 Å². The maximum absolute atomic E-state index is 13.1. The molecule has 4 heterocycles. The van der Waals surface area contributed by atoms with Crippen LogP contribution in [0.4, 0.5) is 19.0 Å². The number of alkyl halides is 3. The number of hydrogen-bond acceptors (Lipinski definition) is 9. The SMILES string of the molecule is CC(C)N(CCCCc1nc2cc(C(F)(F)F)cc(Cl)c2[nH]1)C[C@H]1OC(n2cnc3c(N)ncnc32)[C@H](O)[C@@H]1O. The van der Waals surface area contributed by atoms with Crippen LogP contribution in [0.25, 0.3) is 22.2 Å². The molecule has 3 aromatic heterocycles. The van der Waals surface area contributed by atoms with E-state index in [-0.39, 0.29) is 22.4 Å². The number of nitrogens with two attached hydrogens (primary N) is 1. The molecule has 1 aliphatic rings. The number of aliphatic hydroxyl groups is 2. The van der Waals surface area contributed by atoms with Crippen LogP contribution in [0.15, 0.2) is 24.8 Å². The van der Waals surface area contributed by atoms with Crippen LogP contribution in [-0.2, 0) is 17.3 Å². The van der Waals surface area contributed by atoms with E-state index in [4.69, 9.17) is 22.1 Å². The molecule has 0 spiro atoms. The third-order valence-electron chi connectivity index (χ3n) is 7.17. The number of imidazole rings is 2. The third kappa shape index (κ3) is 5.59. The van der Waals surface area contributed by atoms with Gasteiger partial charge in [0, 0.05) is 19.0 Å². The van der Waals surface area contributed by atoms with Gasteiger partial charge in [-0.2, -0.15) is 13.2 Å². The van der Waals surface area contributed by atoms with Gasteiger partial charge < -0.3 is 25.7 Å². The highest BCUT2D eigenvalue weighted by molar-refractivity contribution is 6.35. The minimum absolute atomic E-state index is 0.0234. The Bertz CT molecular complexity index is 1490. The van der Waals surface area contributed by atoms with Crippen LogP contribution in [0.1, 0.15) is 44.3 Å². The number of H-pyrrole nitrogens is 1. The maximum atomic E-state index is 13.1. The number of benzene rings is 1. The molecule has 15 heteroatoms. The fourth-order valence-electron chi connectivity index (χ4n) is 4.97. The molecule has 0 bridgehead atoms. The van der Waals surface area contributed by atoms with Crippen molar-refractivity contribution in [3.63, 3.8) is 0 Å². The van der Waals surface area contributed by atoms with Gasteiger partial charge in [0.15, 0.2) is 17.7 Å². The first-order valence-corrected chi connectivity index (χ1v) is 13.3. The summed E-state index contributed by atoms with van der Waals surface area (Å²) in [6.45, 7) is 5.09. The Hall–Kier alpha value is -3.04. The average Bonchev–Trinajstić information content (AvgIpc) is 3.58. The van der Waals surface area contributed by atoms with Crippen molar-refractivity contribution in [3.05, 3.63) is 41.2 Å². The molecule has 1 saturated heterocycles. The van der Waals surface area contributed by atoms with Crippen LogP contribution >= 0.6 is 11.6 Å². The number of nitrogens with one attached hydrogen (secondary N) is 1. The van der Waals surface area contributed by atoms with E-state index in [2.05, 4.69) is 29.8 Å². The second-order valence-corrected chi connectivity index (χ2v) is 10.6. The zero-order valence-corrected chi connectivity index (χ0v) is 22.6. The molecule has 0 saturated carbocycles. The number of aromatic amines is 1. The minimum Gasteiger partial charge on any atom is -0.387 e. The number of unbranched alkanes of at least 4 members (excludes halogenated alkanes) is 1. The summed E-state index contributed by atoms with van der Waals surface area (Å²) in [7, 11) is 0. The highest BCUT2D eigenvalue weighted by Gasteiger charge is 2.45. The van der Waals surface area contributed by atoms with Gasteiger partial charge in [0.1, 0.15) is 36.0 Å². The standard InChI is InChI=1S/C25H30ClF3N8O3/c1-12(2)36(6-4-3-5-17-34-15-8-13(25(27,28)29)7-14(26)18(15)35-17)9-16-20(38)21(39)24(40-16)37-11-33-19-22(30)31-10-32-23(19)37/h7-8,10-12,16,20-21,24,38-39H,3-6,9H2,1-2H3,(H,34,35)(H2,30,31,32)/t16-,20-,21-,24?/m1/s1. The Morgan fingerprint density at radius 3 is 2.67 bits per heavy atom. The molecule has 40 heavy (non-hydrogen) atoms. The topological polar surface area (TPSA) is 151 Å². The van der Waals surface area contributed by atoms with E-state index >= 15 is 0 Å². The molecule has 0 aliphatic carbocycles. The Balaban J connectivity index is 1.19. The van der Waals surface area contributed by atoms with Gasteiger partial charge in [-0.05, 0) is 45.4 Å². The molecule has 1 unspecified atom stereocenters. The summed E-state index contributed by atoms with van der Waals surface area (Å²) < 4.78 is 46.9. The van der Waals surface area contributed by atoms with E-state index in [0.29, 0.717) is 48.4 Å². The normalized spacial score (nSPS) is 21.9. The van der Waals surface area contributed by atoms with Crippen molar-refractivity contribution < 1.29 is 28.1 Å². The number of rotatable bonds is 9. The molecule has 1 aliphatic heterocycles. The first-order valence-electron chi connectivity index (χ1n) is 12.9. The molecular formula is C25H30ClF3N8O3. The number of nitrogen functional groups attached to an aromatic ring is 1. The number of ether oxygens (including phenoxy) is 1. The number of anilines is 1. The van der Waals surface area contributed by atoms with Crippen molar-refractivity contribution in [1.29, 1.82) is 0 Å². The van der Waals surface area contributed by atoms with E-state index in [0.717, 1.165) is 18.6 Å². The van der Waals surface area contributed by atoms with Crippen molar-refractivity contribution in [1.82, 2.24) is 34.4 Å². The predicted octanol–water partition coefficient (Wildman–Crippen LogP) is 3.31. The maximum Gasteiger partial charge on any atom is 0.416 e. The lowest BCUT2D eigenvalue weighted by molar-refractivity contribution is -0.137. The van der Waals surface area contributed by atoms with Crippen LogP contribution in [-0.4, -0.2) is 82.0 Å². The molecule has 1 aromatic carbocycles. The molecular weight excluding hydrogens is 553 g/mol. The Labute approximate surface area is 232 Å². The van der Waals surface area contributed by atoms with Crippen molar-refractivity contribution in [2.24, 2.45) is 0 Å². The Kier molecular flexibility index (Phi) is 7.90. The molecule has 216 valence electrons. The van der Waals surface area contributed by atoms with Crippen LogP contribution in [0.3, 0.4) is 0 Å². The zero-order valence-electron chi connectivity index (χ0n) is 21.8. The van der Waals surface area contributed by atoms with Gasteiger partial charge in [0.05, 0.1) is 27.9 Å². The fourth-order valence-corrected chi connectivity index (χ4v) is 5.23. The summed E-state index contributed by atoms with van der Waals surface area (Å²) in [6, 6.07) is 2.01. The summed E-state index contributed by atoms with van der Waals surface area (Å²) in [5.41, 5.74) is 6.36. The zero-order chi connectivity index (χ0) is 28.8. The second kappa shape index (κ2) is 11.1. The summed E-state index contributed by atoms with van der Waals surface area (Å²) in [4.78, 5) is 21.8. The van der Waals surface area contributed by atoms with E-state index in [9.17, 15) is 23.4 Å². The molecule has 4 aromatic rings. The Morgan fingerprint density at radius 1 is 1.18 bits per heavy atom. The fraction of sp³-hybridized carbons (Fsp3) is 0.520. The first-order chi connectivity index (χ1) is 18.9. The number of nitrogens with zero attached hydrogens (tertiary/aromatic N) is 6. The van der Waals surface area contributed by atoms with Gasteiger partial charge in [0.25, 0.3) is 0 Å². The van der Waals surface area contributed by atoms with Crippen molar-refractivity contribution in [2.45, 2.75) is 69.9 Å². The first kappa shape index (κ1) is 28.5. The predicted molar refractivity (Wildman–Crippen MR) is 141 cm³/mol. The number of aromatic nitrogens is 6. The van der Waals surface area contributed by atoms with Gasteiger partial charge in [-0.3, -0.25) is 9.47 Å². The van der Waals surface area contributed by atoms with Gasteiger partial charge in [-0.25, -0.2) is 19.9 Å². The van der Waals surface area contributed by atoms with Gasteiger partial charge in [0.2, 0.25) is 0 Å². The highest BCUT2D eigenvalue weighted by atomic mass is 35.5. The van der Waals surface area contributed by atoms with E-state index < -0.39 is 36.3 Å². The lowest BCUT2D eigenvalue weighted by Crippen LogP contribution is -2.43. The quantitative estimate of drug-likeness (QED) is 0.218. The molecule has 0 radical (unpaired) electrons. The minimum atomic E-state index is -4.50. The molecule has 5 N–H and O–H groups in total.